The van der Waals surface area contributed by atoms with Gasteiger partial charge in [-0.05, 0) is 76.4 Å². The Hall–Kier alpha value is -3.32. The topological polar surface area (TPSA) is 20.2 Å². The molecule has 4 aromatic rings. The minimum atomic E-state index is 0.293. The zero-order chi connectivity index (χ0) is 25.2. The van der Waals surface area contributed by atoms with Gasteiger partial charge in [0.2, 0.25) is 0 Å². The molecule has 1 N–H and O–H groups in total. The summed E-state index contributed by atoms with van der Waals surface area (Å²) in [7, 11) is 0. The lowest BCUT2D eigenvalue weighted by molar-refractivity contribution is 0.475. The summed E-state index contributed by atoms with van der Waals surface area (Å²) in [5.74, 6) is 0.293. The first-order chi connectivity index (χ1) is 17.7. The lowest BCUT2D eigenvalue weighted by Gasteiger charge is -2.17. The molecule has 4 rings (SSSR count). The van der Waals surface area contributed by atoms with E-state index in [0.29, 0.717) is 5.75 Å². The van der Waals surface area contributed by atoms with E-state index in [2.05, 4.69) is 80.6 Å². The lowest BCUT2D eigenvalue weighted by Crippen LogP contribution is -1.92. The van der Waals surface area contributed by atoms with Crippen LogP contribution in [0.4, 0.5) is 0 Å². The first-order valence-electron chi connectivity index (χ1n) is 13.7. The summed E-state index contributed by atoms with van der Waals surface area (Å²) >= 11 is 0. The molecule has 0 radical (unpaired) electrons. The molecule has 4 aromatic carbocycles. The zero-order valence-corrected chi connectivity index (χ0v) is 22.0. The maximum Gasteiger partial charge on any atom is 0.115 e. The maximum absolute atomic E-state index is 9.79. The van der Waals surface area contributed by atoms with Gasteiger partial charge in [-0.3, -0.25) is 0 Å². The van der Waals surface area contributed by atoms with Crippen LogP contribution < -0.4 is 0 Å². The highest BCUT2D eigenvalue weighted by Crippen LogP contribution is 2.40. The standard InChI is InChI=1S/C35H40O/c1-3-4-5-6-7-8-9-10-15-28-19-21-29(22-20-28)32-16-11-12-17-33(32)34-18-13-14-27(2)35(34)30-23-25-31(36)26-24-30/h11-14,16-26,36H,3-10,15H2,1-2H3. The third-order valence-corrected chi connectivity index (χ3v) is 7.23. The molecule has 0 bridgehead atoms. The normalized spacial score (nSPS) is 11.1. The highest BCUT2D eigenvalue weighted by atomic mass is 16.3. The number of phenols is 1. The van der Waals surface area contributed by atoms with Gasteiger partial charge in [0.05, 0.1) is 0 Å². The Labute approximate surface area is 217 Å². The van der Waals surface area contributed by atoms with Crippen molar-refractivity contribution in [3.05, 3.63) is 102 Å². The van der Waals surface area contributed by atoms with Crippen LogP contribution in [0.5, 0.6) is 5.75 Å². The van der Waals surface area contributed by atoms with Crippen LogP contribution in [0.25, 0.3) is 33.4 Å². The molecule has 1 heteroatoms. The second kappa shape index (κ2) is 13.1. The SMILES string of the molecule is CCCCCCCCCCc1ccc(-c2ccccc2-c2cccc(C)c2-c2ccc(O)cc2)cc1. The van der Waals surface area contributed by atoms with Crippen molar-refractivity contribution in [3.63, 3.8) is 0 Å². The van der Waals surface area contributed by atoms with Crippen molar-refractivity contribution < 1.29 is 5.11 Å². The van der Waals surface area contributed by atoms with E-state index in [1.165, 1.54) is 96.7 Å². The Kier molecular flexibility index (Phi) is 9.39. The molecule has 0 spiro atoms. The Bertz CT molecular complexity index is 1220. The van der Waals surface area contributed by atoms with Crippen LogP contribution in [-0.2, 0) is 6.42 Å². The van der Waals surface area contributed by atoms with Crippen molar-refractivity contribution in [1.82, 2.24) is 0 Å². The van der Waals surface area contributed by atoms with Gasteiger partial charge in [-0.2, -0.15) is 0 Å². The Morgan fingerprint density at radius 1 is 0.528 bits per heavy atom. The summed E-state index contributed by atoms with van der Waals surface area (Å²) in [6.07, 6.45) is 12.1. The molecule has 0 unspecified atom stereocenters. The van der Waals surface area contributed by atoms with Crippen LogP contribution >= 0.6 is 0 Å². The van der Waals surface area contributed by atoms with E-state index >= 15 is 0 Å². The monoisotopic (exact) mass is 476 g/mol. The second-order valence-electron chi connectivity index (χ2n) is 10.0. The largest absolute Gasteiger partial charge is 0.508 e. The summed E-state index contributed by atoms with van der Waals surface area (Å²) in [4.78, 5) is 0. The summed E-state index contributed by atoms with van der Waals surface area (Å²) in [6.45, 7) is 4.44. The number of benzene rings is 4. The highest BCUT2D eigenvalue weighted by Gasteiger charge is 2.14. The van der Waals surface area contributed by atoms with Gasteiger partial charge in [-0.15, -0.1) is 0 Å². The Morgan fingerprint density at radius 3 is 1.81 bits per heavy atom. The molecule has 0 heterocycles. The second-order valence-corrected chi connectivity index (χ2v) is 10.0. The van der Waals surface area contributed by atoms with Crippen LogP contribution in [0.1, 0.15) is 69.4 Å². The summed E-state index contributed by atoms with van der Waals surface area (Å²) < 4.78 is 0. The minimum Gasteiger partial charge on any atom is -0.508 e. The van der Waals surface area contributed by atoms with E-state index in [1.54, 1.807) is 12.1 Å². The predicted molar refractivity (Wildman–Crippen MR) is 155 cm³/mol. The van der Waals surface area contributed by atoms with Gasteiger partial charge in [-0.1, -0.05) is 131 Å². The average molecular weight is 477 g/mol. The van der Waals surface area contributed by atoms with Crippen LogP contribution in [0.3, 0.4) is 0 Å². The molecule has 0 aliphatic carbocycles. The number of hydrogen-bond acceptors (Lipinski definition) is 1. The van der Waals surface area contributed by atoms with Gasteiger partial charge in [-0.25, -0.2) is 0 Å². The molecule has 0 fully saturated rings. The van der Waals surface area contributed by atoms with Crippen molar-refractivity contribution in [3.8, 4) is 39.1 Å². The van der Waals surface area contributed by atoms with Crippen molar-refractivity contribution in [2.24, 2.45) is 0 Å². The lowest BCUT2D eigenvalue weighted by atomic mass is 9.87. The molecular formula is C35H40O. The first kappa shape index (κ1) is 25.8. The number of rotatable bonds is 12. The van der Waals surface area contributed by atoms with Crippen LogP contribution in [0.2, 0.25) is 0 Å². The van der Waals surface area contributed by atoms with Gasteiger partial charge >= 0.3 is 0 Å². The van der Waals surface area contributed by atoms with E-state index in [4.69, 9.17) is 0 Å². The molecule has 36 heavy (non-hydrogen) atoms. The molecule has 1 nitrogen and oxygen atoms in total. The molecule has 0 aliphatic heterocycles. The quantitative estimate of drug-likeness (QED) is 0.202. The van der Waals surface area contributed by atoms with E-state index < -0.39 is 0 Å². The third kappa shape index (κ3) is 6.66. The molecule has 0 saturated heterocycles. The Balaban J connectivity index is 1.50. The van der Waals surface area contributed by atoms with Crippen LogP contribution in [0, 0.1) is 6.92 Å². The van der Waals surface area contributed by atoms with Gasteiger partial charge in [0.15, 0.2) is 0 Å². The molecule has 0 aliphatic rings. The minimum absolute atomic E-state index is 0.293. The molecule has 0 atom stereocenters. The molecule has 0 aromatic heterocycles. The van der Waals surface area contributed by atoms with Crippen molar-refractivity contribution in [2.75, 3.05) is 0 Å². The van der Waals surface area contributed by atoms with Gasteiger partial charge in [0, 0.05) is 0 Å². The molecular weight excluding hydrogens is 436 g/mol. The predicted octanol–water partition coefficient (Wildman–Crippen LogP) is 10.4. The van der Waals surface area contributed by atoms with E-state index in [0.717, 1.165) is 5.56 Å². The number of phenolic OH excluding ortho intramolecular Hbond substituents is 1. The zero-order valence-electron chi connectivity index (χ0n) is 22.0. The Morgan fingerprint density at radius 2 is 1.11 bits per heavy atom. The van der Waals surface area contributed by atoms with Gasteiger partial charge in [0.25, 0.3) is 0 Å². The van der Waals surface area contributed by atoms with Gasteiger partial charge < -0.3 is 5.11 Å². The summed E-state index contributed by atoms with van der Waals surface area (Å²) in [5.41, 5.74) is 9.97. The molecule has 186 valence electrons. The fourth-order valence-electron chi connectivity index (χ4n) is 5.19. The number of aromatic hydroxyl groups is 1. The van der Waals surface area contributed by atoms with Gasteiger partial charge in [0.1, 0.15) is 5.75 Å². The number of unbranched alkanes of at least 4 members (excludes halogenated alkanes) is 7. The molecule has 0 amide bonds. The van der Waals surface area contributed by atoms with E-state index in [1.807, 2.05) is 12.1 Å². The third-order valence-electron chi connectivity index (χ3n) is 7.23. The van der Waals surface area contributed by atoms with Crippen molar-refractivity contribution in [2.45, 2.75) is 71.6 Å². The maximum atomic E-state index is 9.79. The summed E-state index contributed by atoms with van der Waals surface area (Å²) in [5, 5.41) is 9.79. The first-order valence-corrected chi connectivity index (χ1v) is 13.7. The van der Waals surface area contributed by atoms with Crippen molar-refractivity contribution in [1.29, 1.82) is 0 Å². The fourth-order valence-corrected chi connectivity index (χ4v) is 5.19. The smallest absolute Gasteiger partial charge is 0.115 e. The highest BCUT2D eigenvalue weighted by molar-refractivity contribution is 5.92. The molecule has 0 saturated carbocycles. The van der Waals surface area contributed by atoms with Crippen molar-refractivity contribution >= 4 is 0 Å². The van der Waals surface area contributed by atoms with Crippen LogP contribution in [-0.4, -0.2) is 5.11 Å². The van der Waals surface area contributed by atoms with E-state index in [9.17, 15) is 5.11 Å². The summed E-state index contributed by atoms with van der Waals surface area (Å²) in [6, 6.07) is 31.9. The van der Waals surface area contributed by atoms with Crippen LogP contribution in [0.15, 0.2) is 91.0 Å². The van der Waals surface area contributed by atoms with E-state index in [-0.39, 0.29) is 0 Å². The fraction of sp³-hybridized carbons (Fsp3) is 0.314. The number of hydrogen-bond donors (Lipinski definition) is 1. The number of aryl methyl sites for hydroxylation is 2. The average Bonchev–Trinajstić information content (AvgIpc) is 2.91.